The number of nitrogens with zero attached hydrogens (tertiary/aromatic N) is 1. The summed E-state index contributed by atoms with van der Waals surface area (Å²) in [4.78, 5) is 12.2. The molecule has 3 rings (SSSR count). The molecule has 0 spiro atoms. The maximum Gasteiger partial charge on any atom is 0.235 e. The summed E-state index contributed by atoms with van der Waals surface area (Å²) in [5.41, 5.74) is 2.80. The summed E-state index contributed by atoms with van der Waals surface area (Å²) in [6.07, 6.45) is 4.57. The minimum absolute atomic E-state index is 0.0347. The molecule has 0 saturated heterocycles. The molecule has 0 bridgehead atoms. The molecule has 20 heavy (non-hydrogen) atoms. The van der Waals surface area contributed by atoms with E-state index in [2.05, 4.69) is 0 Å². The molecule has 0 fully saturated rings. The minimum Gasteiger partial charge on any atom is -0.294 e. The van der Waals surface area contributed by atoms with Crippen molar-refractivity contribution < 1.29 is 13.2 Å². The monoisotopic (exact) mass is 289 g/mol. The van der Waals surface area contributed by atoms with Crippen LogP contribution in [0.1, 0.15) is 28.9 Å². The van der Waals surface area contributed by atoms with Gasteiger partial charge in [0.1, 0.15) is 0 Å². The van der Waals surface area contributed by atoms with Crippen LogP contribution in [0.5, 0.6) is 0 Å². The van der Waals surface area contributed by atoms with Gasteiger partial charge in [-0.25, -0.2) is 12.4 Å². The number of benzene rings is 1. The van der Waals surface area contributed by atoms with E-state index in [0.717, 1.165) is 11.1 Å². The molecule has 1 aromatic heterocycles. The molecule has 4 nitrogen and oxygen atoms in total. The van der Waals surface area contributed by atoms with Gasteiger partial charge in [-0.3, -0.25) is 4.79 Å². The first-order chi connectivity index (χ1) is 9.48. The maximum absolute atomic E-state index is 12.2. The molecule has 0 aliphatic heterocycles. The highest BCUT2D eigenvalue weighted by atomic mass is 32.2. The average molecular weight is 289 g/mol. The molecule has 1 aliphatic rings. The van der Waals surface area contributed by atoms with Crippen molar-refractivity contribution in [3.05, 3.63) is 47.8 Å². The lowest BCUT2D eigenvalue weighted by Gasteiger charge is -2.14. The number of Topliss-reactive ketones (excluding diaryl/α,β-unsaturated/α-hetero) is 1. The van der Waals surface area contributed by atoms with Gasteiger partial charge in [0.2, 0.25) is 10.0 Å². The normalized spacial score (nSPS) is 15.2. The van der Waals surface area contributed by atoms with Crippen molar-refractivity contribution in [1.82, 2.24) is 3.97 Å². The van der Waals surface area contributed by atoms with Crippen LogP contribution in [0.25, 0.3) is 11.1 Å². The van der Waals surface area contributed by atoms with Gasteiger partial charge in [-0.2, -0.15) is 0 Å². The van der Waals surface area contributed by atoms with Gasteiger partial charge in [-0.05, 0) is 18.4 Å². The zero-order valence-electron chi connectivity index (χ0n) is 11.2. The number of fused-ring (bicyclic) bond motifs is 1. The standard InChI is InChI=1S/C15H15NO3S/c1-20(18,19)16-10-12(11-6-3-2-4-7-11)15-13(16)8-5-9-14(15)17/h2-4,6-7,10H,5,8-9H2,1H3. The van der Waals surface area contributed by atoms with Crippen LogP contribution < -0.4 is 0 Å². The summed E-state index contributed by atoms with van der Waals surface area (Å²) in [7, 11) is -3.39. The lowest BCUT2D eigenvalue weighted by molar-refractivity contribution is 0.0973. The fourth-order valence-corrected chi connectivity index (χ4v) is 3.63. The molecule has 0 atom stereocenters. The van der Waals surface area contributed by atoms with Crippen LogP contribution in [0.15, 0.2) is 36.5 Å². The molecule has 1 heterocycles. The van der Waals surface area contributed by atoms with E-state index in [-0.39, 0.29) is 5.78 Å². The van der Waals surface area contributed by atoms with E-state index >= 15 is 0 Å². The summed E-state index contributed by atoms with van der Waals surface area (Å²) < 4.78 is 25.1. The number of carbonyl (C=O) groups excluding carboxylic acids is 1. The van der Waals surface area contributed by atoms with E-state index in [9.17, 15) is 13.2 Å². The fourth-order valence-electron chi connectivity index (χ4n) is 2.75. The first-order valence-electron chi connectivity index (χ1n) is 6.52. The first-order valence-corrected chi connectivity index (χ1v) is 8.36. The van der Waals surface area contributed by atoms with Crippen molar-refractivity contribution in [2.24, 2.45) is 0 Å². The Labute approximate surface area is 118 Å². The van der Waals surface area contributed by atoms with Gasteiger partial charge in [0.15, 0.2) is 5.78 Å². The molecule has 104 valence electrons. The lowest BCUT2D eigenvalue weighted by Crippen LogP contribution is -2.17. The second kappa shape index (κ2) is 4.59. The zero-order chi connectivity index (χ0) is 14.3. The van der Waals surface area contributed by atoms with Crippen LogP contribution >= 0.6 is 0 Å². The average Bonchev–Trinajstić information content (AvgIpc) is 2.81. The van der Waals surface area contributed by atoms with Crippen molar-refractivity contribution in [2.45, 2.75) is 19.3 Å². The quantitative estimate of drug-likeness (QED) is 0.853. The highest BCUT2D eigenvalue weighted by Crippen LogP contribution is 2.34. The Kier molecular flexibility index (Phi) is 3.01. The lowest BCUT2D eigenvalue weighted by atomic mass is 9.91. The van der Waals surface area contributed by atoms with Crippen LogP contribution in [0.3, 0.4) is 0 Å². The van der Waals surface area contributed by atoms with E-state index in [4.69, 9.17) is 0 Å². The fraction of sp³-hybridized carbons (Fsp3) is 0.267. The second-order valence-corrected chi connectivity index (χ2v) is 6.93. The number of aromatic nitrogens is 1. The molecule has 2 aromatic rings. The molecule has 0 radical (unpaired) electrons. The topological polar surface area (TPSA) is 56.1 Å². The Hall–Kier alpha value is -1.88. The number of carbonyl (C=O) groups is 1. The van der Waals surface area contributed by atoms with Crippen LogP contribution in [0.2, 0.25) is 0 Å². The Morgan fingerprint density at radius 3 is 2.45 bits per heavy atom. The summed E-state index contributed by atoms with van der Waals surface area (Å²) in [6, 6.07) is 9.44. The molecule has 5 heteroatoms. The maximum atomic E-state index is 12.2. The van der Waals surface area contributed by atoms with Crippen LogP contribution in [0.4, 0.5) is 0 Å². The predicted molar refractivity (Wildman–Crippen MR) is 77.4 cm³/mol. The summed E-state index contributed by atoms with van der Waals surface area (Å²) >= 11 is 0. The Bertz CT molecular complexity index is 773. The molecule has 0 saturated carbocycles. The third kappa shape index (κ3) is 2.08. The van der Waals surface area contributed by atoms with E-state index in [0.29, 0.717) is 30.5 Å². The largest absolute Gasteiger partial charge is 0.294 e. The molecule has 1 aromatic carbocycles. The molecule has 0 N–H and O–H groups in total. The third-order valence-corrected chi connectivity index (χ3v) is 4.65. The Morgan fingerprint density at radius 2 is 1.80 bits per heavy atom. The van der Waals surface area contributed by atoms with Gasteiger partial charge in [0.25, 0.3) is 0 Å². The van der Waals surface area contributed by atoms with Gasteiger partial charge < -0.3 is 0 Å². The SMILES string of the molecule is CS(=O)(=O)n1cc(-c2ccccc2)c2c1CCCC2=O. The Morgan fingerprint density at radius 1 is 1.10 bits per heavy atom. The van der Waals surface area contributed by atoms with Crippen molar-refractivity contribution in [1.29, 1.82) is 0 Å². The predicted octanol–water partition coefficient (Wildman–Crippen LogP) is 2.48. The van der Waals surface area contributed by atoms with Crippen LogP contribution in [0, 0.1) is 0 Å². The number of ketones is 1. The van der Waals surface area contributed by atoms with E-state index < -0.39 is 10.0 Å². The van der Waals surface area contributed by atoms with Gasteiger partial charge in [-0.15, -0.1) is 0 Å². The molecular formula is C15H15NO3S. The molecule has 1 aliphatic carbocycles. The van der Waals surface area contributed by atoms with E-state index in [1.54, 1.807) is 6.20 Å². The summed E-state index contributed by atoms with van der Waals surface area (Å²) in [5, 5.41) is 0. The number of hydrogen-bond donors (Lipinski definition) is 0. The highest BCUT2D eigenvalue weighted by molar-refractivity contribution is 7.89. The summed E-state index contributed by atoms with van der Waals surface area (Å²) in [6.45, 7) is 0. The first kappa shape index (κ1) is 13.1. The smallest absolute Gasteiger partial charge is 0.235 e. The molecule has 0 unspecified atom stereocenters. The van der Waals surface area contributed by atoms with E-state index in [1.807, 2.05) is 30.3 Å². The van der Waals surface area contributed by atoms with Crippen molar-refractivity contribution in [3.63, 3.8) is 0 Å². The molecule has 0 amide bonds. The molecular weight excluding hydrogens is 274 g/mol. The third-order valence-electron chi connectivity index (χ3n) is 3.61. The van der Waals surface area contributed by atoms with Gasteiger partial charge >= 0.3 is 0 Å². The van der Waals surface area contributed by atoms with Gasteiger partial charge in [0, 0.05) is 29.4 Å². The minimum atomic E-state index is -3.39. The Balaban J connectivity index is 2.31. The van der Waals surface area contributed by atoms with Crippen LogP contribution in [-0.4, -0.2) is 24.4 Å². The van der Waals surface area contributed by atoms with Gasteiger partial charge in [0.05, 0.1) is 6.26 Å². The zero-order valence-corrected chi connectivity index (χ0v) is 12.0. The second-order valence-electron chi connectivity index (χ2n) is 5.07. The van der Waals surface area contributed by atoms with Crippen molar-refractivity contribution >= 4 is 15.8 Å². The van der Waals surface area contributed by atoms with Crippen molar-refractivity contribution in [3.8, 4) is 11.1 Å². The number of hydrogen-bond acceptors (Lipinski definition) is 3. The van der Waals surface area contributed by atoms with Gasteiger partial charge in [-0.1, -0.05) is 30.3 Å². The highest BCUT2D eigenvalue weighted by Gasteiger charge is 2.28. The summed E-state index contributed by atoms with van der Waals surface area (Å²) in [5.74, 6) is 0.0347. The van der Waals surface area contributed by atoms with Crippen molar-refractivity contribution in [2.75, 3.05) is 6.26 Å². The number of rotatable bonds is 2. The van der Waals surface area contributed by atoms with Crippen LogP contribution in [-0.2, 0) is 16.4 Å². The van der Waals surface area contributed by atoms with E-state index in [1.165, 1.54) is 10.2 Å².